The summed E-state index contributed by atoms with van der Waals surface area (Å²) in [4.78, 5) is 28.6. The highest BCUT2D eigenvalue weighted by Crippen LogP contribution is 2.20. The summed E-state index contributed by atoms with van der Waals surface area (Å²) in [6.45, 7) is 0. The van der Waals surface area contributed by atoms with Crippen molar-refractivity contribution in [3.63, 3.8) is 0 Å². The Kier molecular flexibility index (Phi) is 6.37. The highest BCUT2D eigenvalue weighted by Gasteiger charge is 2.17. The van der Waals surface area contributed by atoms with Crippen LogP contribution >= 0.6 is 11.3 Å². The zero-order chi connectivity index (χ0) is 21.9. The number of hydrogen-bond donors (Lipinski definition) is 0. The number of methoxy groups -OCH3 is 2. The SMILES string of the molecule is COC(=O)c1ccc2c(c1)sc(=NC(=O)CCS(=O)(=O)c1ccc(OC)cc1)n2C. The third-order valence-corrected chi connectivity index (χ3v) is 7.28. The van der Waals surface area contributed by atoms with Gasteiger partial charge in [-0.15, -0.1) is 0 Å². The molecule has 30 heavy (non-hydrogen) atoms. The fourth-order valence-corrected chi connectivity index (χ4v) is 5.08. The van der Waals surface area contributed by atoms with Gasteiger partial charge in [0.25, 0.3) is 0 Å². The summed E-state index contributed by atoms with van der Waals surface area (Å²) in [5, 5.41) is 0. The first kappa shape index (κ1) is 21.7. The molecule has 0 bridgehead atoms. The average Bonchev–Trinajstić information content (AvgIpc) is 3.06. The number of ether oxygens (including phenoxy) is 2. The largest absolute Gasteiger partial charge is 0.497 e. The molecule has 0 aliphatic rings. The quantitative estimate of drug-likeness (QED) is 0.536. The van der Waals surface area contributed by atoms with E-state index in [0.29, 0.717) is 16.1 Å². The Hall–Kier alpha value is -2.98. The number of benzene rings is 2. The number of esters is 1. The minimum Gasteiger partial charge on any atom is -0.497 e. The van der Waals surface area contributed by atoms with Gasteiger partial charge in [0.2, 0.25) is 5.91 Å². The van der Waals surface area contributed by atoms with Crippen molar-refractivity contribution in [3.05, 3.63) is 52.8 Å². The number of carbonyl (C=O) groups excluding carboxylic acids is 2. The molecule has 1 aromatic heterocycles. The van der Waals surface area contributed by atoms with Crippen molar-refractivity contribution in [1.82, 2.24) is 4.57 Å². The molecule has 0 N–H and O–H groups in total. The second-order valence-corrected chi connectivity index (χ2v) is 9.49. The Bertz CT molecular complexity index is 1270. The summed E-state index contributed by atoms with van der Waals surface area (Å²) in [5.74, 6) is -0.788. The molecule has 1 heterocycles. The number of amides is 1. The van der Waals surface area contributed by atoms with E-state index in [1.54, 1.807) is 41.9 Å². The van der Waals surface area contributed by atoms with Gasteiger partial charge in [-0.25, -0.2) is 13.2 Å². The lowest BCUT2D eigenvalue weighted by molar-refractivity contribution is -0.117. The maximum absolute atomic E-state index is 12.4. The zero-order valence-corrected chi connectivity index (χ0v) is 18.2. The molecule has 0 spiro atoms. The summed E-state index contributed by atoms with van der Waals surface area (Å²) >= 11 is 1.23. The Morgan fingerprint density at radius 2 is 1.80 bits per heavy atom. The van der Waals surface area contributed by atoms with E-state index in [0.717, 1.165) is 10.2 Å². The van der Waals surface area contributed by atoms with Gasteiger partial charge in [-0.3, -0.25) is 4.79 Å². The fraction of sp³-hybridized carbons (Fsp3) is 0.250. The number of aromatic nitrogens is 1. The predicted molar refractivity (Wildman–Crippen MR) is 112 cm³/mol. The first-order valence-corrected chi connectivity index (χ1v) is 11.3. The van der Waals surface area contributed by atoms with E-state index in [1.165, 1.54) is 37.7 Å². The van der Waals surface area contributed by atoms with Crippen LogP contribution in [0.15, 0.2) is 52.4 Å². The van der Waals surface area contributed by atoms with E-state index in [4.69, 9.17) is 9.47 Å². The minimum absolute atomic E-state index is 0.124. The van der Waals surface area contributed by atoms with Crippen molar-refractivity contribution in [2.24, 2.45) is 12.0 Å². The number of hydrogen-bond acceptors (Lipinski definition) is 7. The van der Waals surface area contributed by atoms with Crippen molar-refractivity contribution in [1.29, 1.82) is 0 Å². The number of fused-ring (bicyclic) bond motifs is 1. The summed E-state index contributed by atoms with van der Waals surface area (Å²) in [6.07, 6.45) is -0.240. The van der Waals surface area contributed by atoms with Crippen LogP contribution in [0.5, 0.6) is 5.75 Å². The molecule has 10 heteroatoms. The number of rotatable bonds is 6. The molecule has 2 aromatic carbocycles. The lowest BCUT2D eigenvalue weighted by atomic mass is 10.2. The number of carbonyl (C=O) groups is 2. The lowest BCUT2D eigenvalue weighted by Gasteiger charge is -2.04. The Morgan fingerprint density at radius 3 is 2.43 bits per heavy atom. The van der Waals surface area contributed by atoms with Crippen LogP contribution in [0.4, 0.5) is 0 Å². The van der Waals surface area contributed by atoms with Gasteiger partial charge in [-0.2, -0.15) is 4.99 Å². The molecule has 0 unspecified atom stereocenters. The normalized spacial score (nSPS) is 12.2. The maximum atomic E-state index is 12.4. The highest BCUT2D eigenvalue weighted by atomic mass is 32.2. The van der Waals surface area contributed by atoms with Crippen LogP contribution in [0.25, 0.3) is 10.2 Å². The van der Waals surface area contributed by atoms with Gasteiger partial charge in [-0.1, -0.05) is 11.3 Å². The second-order valence-electron chi connectivity index (χ2n) is 6.37. The molecule has 0 aliphatic heterocycles. The van der Waals surface area contributed by atoms with E-state index in [-0.39, 0.29) is 17.1 Å². The summed E-state index contributed by atoms with van der Waals surface area (Å²) < 4.78 is 37.1. The van der Waals surface area contributed by atoms with E-state index < -0.39 is 21.7 Å². The molecular weight excluding hydrogens is 428 g/mol. The molecule has 8 nitrogen and oxygen atoms in total. The zero-order valence-electron chi connectivity index (χ0n) is 16.6. The smallest absolute Gasteiger partial charge is 0.337 e. The number of sulfone groups is 1. The van der Waals surface area contributed by atoms with Crippen molar-refractivity contribution < 1.29 is 27.5 Å². The molecule has 3 rings (SSSR count). The Balaban J connectivity index is 1.79. The van der Waals surface area contributed by atoms with Crippen molar-refractivity contribution in [2.45, 2.75) is 11.3 Å². The van der Waals surface area contributed by atoms with Gasteiger partial charge in [0.1, 0.15) is 5.75 Å². The topological polar surface area (TPSA) is 104 Å². The molecule has 0 saturated heterocycles. The molecule has 0 aliphatic carbocycles. The predicted octanol–water partition coefficient (Wildman–Crippen LogP) is 2.33. The molecule has 0 saturated carbocycles. The monoisotopic (exact) mass is 448 g/mol. The molecule has 0 atom stereocenters. The van der Waals surface area contributed by atoms with E-state index >= 15 is 0 Å². The van der Waals surface area contributed by atoms with Gasteiger partial charge in [0, 0.05) is 13.5 Å². The highest BCUT2D eigenvalue weighted by molar-refractivity contribution is 7.91. The Labute approximate surface area is 177 Å². The molecule has 158 valence electrons. The standard InChI is InChI=1S/C20H20N2O6S2/c1-22-16-9-4-13(19(24)28-3)12-17(16)29-20(22)21-18(23)10-11-30(25,26)15-7-5-14(27-2)6-8-15/h4-9,12H,10-11H2,1-3H3. The lowest BCUT2D eigenvalue weighted by Crippen LogP contribution is -2.16. The number of nitrogens with zero attached hydrogens (tertiary/aromatic N) is 2. The maximum Gasteiger partial charge on any atom is 0.337 e. The molecule has 0 radical (unpaired) electrons. The van der Waals surface area contributed by atoms with Crippen LogP contribution in [-0.2, 0) is 26.4 Å². The summed E-state index contributed by atoms with van der Waals surface area (Å²) in [5.41, 5.74) is 1.19. The van der Waals surface area contributed by atoms with E-state index in [9.17, 15) is 18.0 Å². The third kappa shape index (κ3) is 4.60. The van der Waals surface area contributed by atoms with E-state index in [2.05, 4.69) is 4.99 Å². The van der Waals surface area contributed by atoms with E-state index in [1.807, 2.05) is 0 Å². The molecule has 3 aromatic rings. The molecular formula is C20H20N2O6S2. The van der Waals surface area contributed by atoms with Crippen LogP contribution in [0.3, 0.4) is 0 Å². The van der Waals surface area contributed by atoms with Crippen LogP contribution < -0.4 is 9.54 Å². The van der Waals surface area contributed by atoms with Crippen molar-refractivity contribution >= 4 is 43.3 Å². The van der Waals surface area contributed by atoms with Crippen LogP contribution in [0.2, 0.25) is 0 Å². The minimum atomic E-state index is -3.62. The third-order valence-electron chi connectivity index (χ3n) is 4.45. The first-order valence-electron chi connectivity index (χ1n) is 8.87. The van der Waals surface area contributed by atoms with Crippen LogP contribution in [0, 0.1) is 0 Å². The molecule has 1 amide bonds. The van der Waals surface area contributed by atoms with Crippen LogP contribution in [0.1, 0.15) is 16.8 Å². The molecule has 0 fully saturated rings. The number of thiazole rings is 1. The van der Waals surface area contributed by atoms with Gasteiger partial charge >= 0.3 is 5.97 Å². The Morgan fingerprint density at radius 1 is 1.10 bits per heavy atom. The number of aryl methyl sites for hydroxylation is 1. The van der Waals surface area contributed by atoms with Gasteiger partial charge in [-0.05, 0) is 42.5 Å². The van der Waals surface area contributed by atoms with Crippen molar-refractivity contribution in [3.8, 4) is 5.75 Å². The second kappa shape index (κ2) is 8.80. The average molecular weight is 449 g/mol. The fourth-order valence-electron chi connectivity index (χ4n) is 2.77. The van der Waals surface area contributed by atoms with Gasteiger partial charge < -0.3 is 14.0 Å². The first-order chi connectivity index (χ1) is 14.2. The van der Waals surface area contributed by atoms with Gasteiger partial charge in [0.05, 0.1) is 40.6 Å². The summed E-state index contributed by atoms with van der Waals surface area (Å²) in [7, 11) is 0.930. The van der Waals surface area contributed by atoms with Gasteiger partial charge in [0.15, 0.2) is 14.6 Å². The van der Waals surface area contributed by atoms with Crippen molar-refractivity contribution in [2.75, 3.05) is 20.0 Å². The summed E-state index contributed by atoms with van der Waals surface area (Å²) in [6, 6.07) is 11.0. The van der Waals surface area contributed by atoms with Crippen LogP contribution in [-0.4, -0.2) is 44.8 Å².